The minimum Gasteiger partial charge on any atom is -0.459 e. The van der Waals surface area contributed by atoms with Crippen LogP contribution in [0, 0.1) is 0 Å². The van der Waals surface area contributed by atoms with Gasteiger partial charge in [0.15, 0.2) is 17.3 Å². The van der Waals surface area contributed by atoms with E-state index in [2.05, 4.69) is 5.32 Å². The van der Waals surface area contributed by atoms with Gasteiger partial charge in [0.1, 0.15) is 12.5 Å². The Morgan fingerprint density at radius 3 is 2.40 bits per heavy atom. The van der Waals surface area contributed by atoms with Crippen molar-refractivity contribution in [1.29, 1.82) is 0 Å². The summed E-state index contributed by atoms with van der Waals surface area (Å²) in [5.41, 5.74) is 0.561. The molecule has 1 saturated heterocycles. The van der Waals surface area contributed by atoms with Crippen molar-refractivity contribution in [3.05, 3.63) is 58.5 Å². The lowest BCUT2D eigenvalue weighted by atomic mass is 9.88. The van der Waals surface area contributed by atoms with E-state index in [9.17, 15) is 19.2 Å². The summed E-state index contributed by atoms with van der Waals surface area (Å²) in [6.07, 6.45) is -0.721. The molecule has 7 heteroatoms. The first-order valence-electron chi connectivity index (χ1n) is 7.80. The number of hydrogen-bond acceptors (Lipinski definition) is 7. The Morgan fingerprint density at radius 1 is 1.08 bits per heavy atom. The smallest absolute Gasteiger partial charge is 0.314 e. The van der Waals surface area contributed by atoms with Crippen molar-refractivity contribution in [1.82, 2.24) is 5.32 Å². The van der Waals surface area contributed by atoms with E-state index < -0.39 is 24.0 Å². The minimum absolute atomic E-state index is 0.0450. The molecule has 1 fully saturated rings. The summed E-state index contributed by atoms with van der Waals surface area (Å²) in [4.78, 5) is 48.9. The maximum absolute atomic E-state index is 12.5. The van der Waals surface area contributed by atoms with Gasteiger partial charge in [-0.3, -0.25) is 19.2 Å². The molecule has 1 aromatic carbocycles. The zero-order chi connectivity index (χ0) is 17.6. The van der Waals surface area contributed by atoms with Gasteiger partial charge in [0.2, 0.25) is 11.6 Å². The van der Waals surface area contributed by atoms with Crippen LogP contribution in [-0.4, -0.2) is 42.5 Å². The summed E-state index contributed by atoms with van der Waals surface area (Å²) < 4.78 is 10.4. The molecule has 25 heavy (non-hydrogen) atoms. The summed E-state index contributed by atoms with van der Waals surface area (Å²) >= 11 is 0. The van der Waals surface area contributed by atoms with Crippen LogP contribution in [0.2, 0.25) is 0 Å². The molecule has 0 saturated carbocycles. The molecular weight excluding hydrogens is 326 g/mol. The lowest BCUT2D eigenvalue weighted by Crippen LogP contribution is -2.49. The highest BCUT2D eigenvalue weighted by atomic mass is 16.5. The van der Waals surface area contributed by atoms with Crippen molar-refractivity contribution < 1.29 is 28.3 Å². The molecular formula is C18H13NO6. The molecule has 1 aliphatic carbocycles. The van der Waals surface area contributed by atoms with E-state index in [-0.39, 0.29) is 40.1 Å². The van der Waals surface area contributed by atoms with Crippen LogP contribution >= 0.6 is 0 Å². The van der Waals surface area contributed by atoms with Gasteiger partial charge in [0, 0.05) is 24.2 Å². The van der Waals surface area contributed by atoms with Crippen LogP contribution in [0.4, 0.5) is 0 Å². The SMILES string of the molecule is O=C(CC(=O)c1cc2c(o1)C(=O)c1ccccc1C2=O)OC1CNC1. The molecule has 2 heterocycles. The van der Waals surface area contributed by atoms with Crippen molar-refractivity contribution in [2.24, 2.45) is 0 Å². The number of benzene rings is 1. The van der Waals surface area contributed by atoms with Gasteiger partial charge in [-0.05, 0) is 6.07 Å². The number of ether oxygens (including phenoxy) is 1. The summed E-state index contributed by atoms with van der Waals surface area (Å²) in [6, 6.07) is 7.62. The first-order chi connectivity index (χ1) is 12.0. The maximum Gasteiger partial charge on any atom is 0.314 e. The van der Waals surface area contributed by atoms with E-state index in [0.29, 0.717) is 13.1 Å². The van der Waals surface area contributed by atoms with Gasteiger partial charge in [0.05, 0.1) is 5.56 Å². The molecule has 1 aliphatic heterocycles. The van der Waals surface area contributed by atoms with Crippen molar-refractivity contribution in [3.8, 4) is 0 Å². The third-order valence-corrected chi connectivity index (χ3v) is 4.22. The predicted octanol–water partition coefficient (Wildman–Crippen LogP) is 1.14. The minimum atomic E-state index is -0.660. The number of fused-ring (bicyclic) bond motifs is 2. The molecule has 7 nitrogen and oxygen atoms in total. The van der Waals surface area contributed by atoms with Gasteiger partial charge in [-0.15, -0.1) is 0 Å². The topological polar surface area (TPSA) is 103 Å². The van der Waals surface area contributed by atoms with Crippen LogP contribution < -0.4 is 5.32 Å². The predicted molar refractivity (Wildman–Crippen MR) is 83.7 cm³/mol. The Kier molecular flexibility index (Phi) is 3.58. The molecule has 0 spiro atoms. The molecule has 0 amide bonds. The Morgan fingerprint density at radius 2 is 1.76 bits per heavy atom. The molecule has 126 valence electrons. The fourth-order valence-electron chi connectivity index (χ4n) is 2.80. The van der Waals surface area contributed by atoms with E-state index in [1.165, 1.54) is 12.1 Å². The zero-order valence-corrected chi connectivity index (χ0v) is 13.0. The number of esters is 1. The Bertz CT molecular complexity index is 869. The standard InChI is InChI=1S/C18H13NO6/c20-13(6-15(21)24-9-7-19-8-9)14-5-12-16(22)10-3-1-2-4-11(10)17(23)18(12)25-14/h1-5,9,19H,6-8H2. The first kappa shape index (κ1) is 15.5. The fourth-order valence-corrected chi connectivity index (χ4v) is 2.80. The number of rotatable bonds is 4. The average Bonchev–Trinajstić information content (AvgIpc) is 3.02. The van der Waals surface area contributed by atoms with E-state index in [1.54, 1.807) is 18.2 Å². The number of carbonyl (C=O) groups excluding carboxylic acids is 4. The van der Waals surface area contributed by atoms with E-state index >= 15 is 0 Å². The van der Waals surface area contributed by atoms with Crippen LogP contribution in [0.3, 0.4) is 0 Å². The quantitative estimate of drug-likeness (QED) is 0.432. The molecule has 0 atom stereocenters. The first-order valence-corrected chi connectivity index (χ1v) is 7.80. The van der Waals surface area contributed by atoms with Crippen LogP contribution in [0.1, 0.15) is 49.0 Å². The number of hydrogen-bond donors (Lipinski definition) is 1. The Hall–Kier alpha value is -3.06. The van der Waals surface area contributed by atoms with Crippen molar-refractivity contribution >= 4 is 23.3 Å². The number of furan rings is 1. The highest BCUT2D eigenvalue weighted by molar-refractivity contribution is 6.28. The normalized spacial score (nSPS) is 16.0. The van der Waals surface area contributed by atoms with Crippen LogP contribution in [0.25, 0.3) is 0 Å². The van der Waals surface area contributed by atoms with E-state index in [1.807, 2.05) is 0 Å². The number of carbonyl (C=O) groups is 4. The Labute approximate surface area is 142 Å². The average molecular weight is 339 g/mol. The van der Waals surface area contributed by atoms with Crippen LogP contribution in [-0.2, 0) is 9.53 Å². The molecule has 0 radical (unpaired) electrons. The Balaban J connectivity index is 1.57. The van der Waals surface area contributed by atoms with Gasteiger partial charge < -0.3 is 14.5 Å². The largest absolute Gasteiger partial charge is 0.459 e. The van der Waals surface area contributed by atoms with Gasteiger partial charge in [-0.2, -0.15) is 0 Å². The van der Waals surface area contributed by atoms with Crippen molar-refractivity contribution in [2.75, 3.05) is 13.1 Å². The monoisotopic (exact) mass is 339 g/mol. The third-order valence-electron chi connectivity index (χ3n) is 4.22. The van der Waals surface area contributed by atoms with E-state index in [0.717, 1.165) is 0 Å². The molecule has 0 unspecified atom stereocenters. The second-order valence-corrected chi connectivity index (χ2v) is 5.93. The zero-order valence-electron chi connectivity index (χ0n) is 13.0. The molecule has 4 rings (SSSR count). The second kappa shape index (κ2) is 5.78. The molecule has 1 aromatic heterocycles. The fraction of sp³-hybridized carbons (Fsp3) is 0.222. The molecule has 1 N–H and O–H groups in total. The summed E-state index contributed by atoms with van der Waals surface area (Å²) in [7, 11) is 0. The van der Waals surface area contributed by atoms with Gasteiger partial charge in [-0.25, -0.2) is 0 Å². The van der Waals surface area contributed by atoms with Crippen molar-refractivity contribution in [2.45, 2.75) is 12.5 Å². The number of nitrogens with one attached hydrogen (secondary N) is 1. The lowest BCUT2D eigenvalue weighted by Gasteiger charge is -2.26. The summed E-state index contributed by atoms with van der Waals surface area (Å²) in [6.45, 7) is 1.13. The highest BCUT2D eigenvalue weighted by Gasteiger charge is 2.35. The highest BCUT2D eigenvalue weighted by Crippen LogP contribution is 2.30. The summed E-state index contributed by atoms with van der Waals surface area (Å²) in [5.74, 6) is -2.47. The number of Topliss-reactive ketones (excluding diaryl/α,β-unsaturated/α-hetero) is 1. The van der Waals surface area contributed by atoms with Gasteiger partial charge in [0.25, 0.3) is 0 Å². The van der Waals surface area contributed by atoms with Gasteiger partial charge in [-0.1, -0.05) is 24.3 Å². The molecule has 2 aliphatic rings. The third kappa shape index (κ3) is 2.58. The van der Waals surface area contributed by atoms with Gasteiger partial charge >= 0.3 is 5.97 Å². The molecule has 2 aromatic rings. The summed E-state index contributed by atoms with van der Waals surface area (Å²) in [5, 5.41) is 2.95. The van der Waals surface area contributed by atoms with E-state index in [4.69, 9.17) is 9.15 Å². The molecule has 0 bridgehead atoms. The number of ketones is 3. The maximum atomic E-state index is 12.5. The second-order valence-electron chi connectivity index (χ2n) is 5.93. The van der Waals surface area contributed by atoms with Crippen LogP contribution in [0.15, 0.2) is 34.7 Å². The van der Waals surface area contributed by atoms with Crippen LogP contribution in [0.5, 0.6) is 0 Å². The van der Waals surface area contributed by atoms with Crippen molar-refractivity contribution in [3.63, 3.8) is 0 Å². The lowest BCUT2D eigenvalue weighted by molar-refractivity contribution is -0.150.